The van der Waals surface area contributed by atoms with E-state index in [1.807, 2.05) is 0 Å². The van der Waals surface area contributed by atoms with Gasteiger partial charge in [0.25, 0.3) is 0 Å². The van der Waals surface area contributed by atoms with Crippen molar-refractivity contribution in [2.24, 2.45) is 5.18 Å². The Labute approximate surface area is 166 Å². The van der Waals surface area contributed by atoms with E-state index in [-0.39, 0.29) is 65.4 Å². The largest absolute Gasteiger partial charge is 0.481 e. The van der Waals surface area contributed by atoms with E-state index in [4.69, 9.17) is 34.6 Å². The Morgan fingerprint density at radius 2 is 1.21 bits per heavy atom. The van der Waals surface area contributed by atoms with Crippen LogP contribution < -0.4 is 5.32 Å². The van der Waals surface area contributed by atoms with E-state index in [0.717, 1.165) is 0 Å². The van der Waals surface area contributed by atoms with Crippen LogP contribution in [0.2, 0.25) is 0 Å². The number of aliphatic hydroxyl groups excluding tert-OH is 1. The first-order chi connectivity index (χ1) is 13.7. The van der Waals surface area contributed by atoms with Crippen molar-refractivity contribution in [3.05, 3.63) is 4.91 Å². The van der Waals surface area contributed by atoms with Crippen LogP contribution in [-0.4, -0.2) is 103 Å². The summed E-state index contributed by atoms with van der Waals surface area (Å²) in [5.74, 6) is -3.20. The molecule has 0 rings (SSSR count). The zero-order valence-electron chi connectivity index (χ0n) is 15.9. The highest BCUT2D eigenvalue weighted by molar-refractivity contribution is 5.67. The Bertz CT molecular complexity index is 460. The normalized spacial score (nSPS) is 12.4. The lowest BCUT2D eigenvalue weighted by Crippen LogP contribution is -2.58. The fraction of sp³-hybridized carbons (Fsp3) is 0.812. The second-order valence-corrected chi connectivity index (χ2v) is 6.19. The Kier molecular flexibility index (Phi) is 14.5. The predicted octanol–water partition coefficient (Wildman–Crippen LogP) is -1.08. The predicted molar refractivity (Wildman–Crippen MR) is 96.6 cm³/mol. The smallest absolute Gasteiger partial charge is 0.305 e. The molecule has 0 radical (unpaired) electrons. The van der Waals surface area contributed by atoms with Crippen LogP contribution in [0.3, 0.4) is 0 Å². The summed E-state index contributed by atoms with van der Waals surface area (Å²) in [7, 11) is 0. The van der Waals surface area contributed by atoms with Gasteiger partial charge in [0.2, 0.25) is 0 Å². The molecule has 0 fully saturated rings. The van der Waals surface area contributed by atoms with E-state index in [1.165, 1.54) is 0 Å². The molecule has 0 aliphatic carbocycles. The van der Waals surface area contributed by atoms with E-state index in [1.54, 1.807) is 0 Å². The summed E-state index contributed by atoms with van der Waals surface area (Å²) in [6, 6.07) is -0.980. The highest BCUT2D eigenvalue weighted by Crippen LogP contribution is 2.11. The number of hydrogen-bond acceptors (Lipinski definition) is 10. The average Bonchev–Trinajstić information content (AvgIpc) is 2.66. The summed E-state index contributed by atoms with van der Waals surface area (Å²) in [6.45, 7) is -1.42. The van der Waals surface area contributed by atoms with Gasteiger partial charge >= 0.3 is 17.9 Å². The quantitative estimate of drug-likeness (QED) is 0.117. The van der Waals surface area contributed by atoms with Gasteiger partial charge in [-0.3, -0.25) is 14.4 Å². The van der Waals surface area contributed by atoms with Crippen LogP contribution in [-0.2, 0) is 28.6 Å². The van der Waals surface area contributed by atoms with Gasteiger partial charge in [-0.25, -0.2) is 0 Å². The number of nitrogens with one attached hydrogen (secondary N) is 1. The third kappa shape index (κ3) is 14.5. The van der Waals surface area contributed by atoms with Gasteiger partial charge < -0.3 is 40.0 Å². The van der Waals surface area contributed by atoms with Gasteiger partial charge in [0, 0.05) is 6.54 Å². The van der Waals surface area contributed by atoms with Gasteiger partial charge in [0.15, 0.2) is 0 Å². The number of hydrogen-bond donors (Lipinski definition) is 5. The van der Waals surface area contributed by atoms with Crippen LogP contribution in [0.1, 0.15) is 19.3 Å². The molecule has 0 heterocycles. The first kappa shape index (κ1) is 26.8. The number of ether oxygens (including phenoxy) is 3. The minimum absolute atomic E-state index is 0.0904. The minimum atomic E-state index is -1.16. The molecular weight excluding hydrogens is 396 g/mol. The summed E-state index contributed by atoms with van der Waals surface area (Å²) in [6.07, 6.45) is -0.777. The van der Waals surface area contributed by atoms with Crippen LogP contribution in [0, 0.1) is 4.91 Å². The molecule has 0 aliphatic heterocycles. The Morgan fingerprint density at radius 3 is 1.48 bits per heavy atom. The Balaban J connectivity index is 5.09. The molecule has 0 saturated heterocycles. The van der Waals surface area contributed by atoms with Crippen LogP contribution in [0.5, 0.6) is 0 Å². The number of nitrogens with zero attached hydrogens (tertiary/aromatic N) is 1. The van der Waals surface area contributed by atoms with Crippen molar-refractivity contribution >= 4 is 17.9 Å². The molecule has 0 aliphatic rings. The van der Waals surface area contributed by atoms with Crippen molar-refractivity contribution in [3.63, 3.8) is 0 Å². The van der Waals surface area contributed by atoms with Crippen LogP contribution in [0.15, 0.2) is 5.18 Å². The molecule has 0 bridgehead atoms. The van der Waals surface area contributed by atoms with Crippen molar-refractivity contribution in [2.75, 3.05) is 52.8 Å². The molecule has 0 amide bonds. The van der Waals surface area contributed by atoms with Gasteiger partial charge in [0.1, 0.15) is 6.04 Å². The second-order valence-electron chi connectivity index (χ2n) is 6.19. The van der Waals surface area contributed by atoms with E-state index in [9.17, 15) is 19.3 Å². The fourth-order valence-electron chi connectivity index (χ4n) is 2.03. The lowest BCUT2D eigenvalue weighted by atomic mass is 10.0. The van der Waals surface area contributed by atoms with E-state index in [0.29, 0.717) is 0 Å². The molecule has 13 nitrogen and oxygen atoms in total. The number of aliphatic hydroxyl groups is 1. The van der Waals surface area contributed by atoms with Gasteiger partial charge in [-0.15, -0.1) is 0 Å². The second kappa shape index (κ2) is 15.7. The summed E-state index contributed by atoms with van der Waals surface area (Å²) in [5.41, 5.74) is -1.16. The number of rotatable bonds is 20. The van der Waals surface area contributed by atoms with E-state index in [2.05, 4.69) is 10.5 Å². The molecule has 13 heteroatoms. The molecule has 1 unspecified atom stereocenters. The standard InChI is InChI=1S/C16H28N2O11/c19-8-12(18-26)7-17-16(9-27-4-1-13(20)21,10-28-5-2-14(22)23)11-29-6-3-15(24)25/h12,17,19H,1-11H2,(H,20,21)(H,22,23)(H,24,25). The first-order valence-electron chi connectivity index (χ1n) is 8.81. The number of carbonyl (C=O) groups is 3. The highest BCUT2D eigenvalue weighted by atomic mass is 16.5. The SMILES string of the molecule is O=NC(CO)CNC(COCCC(=O)O)(COCCC(=O)O)COCCC(=O)O. The molecule has 0 aromatic rings. The van der Waals surface area contributed by atoms with Crippen LogP contribution >= 0.6 is 0 Å². The van der Waals surface area contributed by atoms with Crippen molar-refractivity contribution in [1.29, 1.82) is 0 Å². The Morgan fingerprint density at radius 1 is 0.828 bits per heavy atom. The number of aliphatic carboxylic acids is 3. The highest BCUT2D eigenvalue weighted by Gasteiger charge is 2.32. The van der Waals surface area contributed by atoms with E-state index < -0.39 is 36.1 Å². The maximum Gasteiger partial charge on any atom is 0.305 e. The van der Waals surface area contributed by atoms with Crippen molar-refractivity contribution < 1.29 is 49.0 Å². The number of carboxylic acids is 3. The minimum Gasteiger partial charge on any atom is -0.481 e. The third-order valence-corrected chi connectivity index (χ3v) is 3.59. The molecule has 0 aromatic carbocycles. The topological polar surface area (TPSA) is 201 Å². The molecular formula is C16H28N2O11. The molecule has 0 aromatic heterocycles. The zero-order chi connectivity index (χ0) is 22.1. The van der Waals surface area contributed by atoms with E-state index >= 15 is 0 Å². The zero-order valence-corrected chi connectivity index (χ0v) is 15.9. The molecule has 1 atom stereocenters. The Hall–Kier alpha value is -2.19. The third-order valence-electron chi connectivity index (χ3n) is 3.59. The lowest BCUT2D eigenvalue weighted by molar-refractivity contribution is -0.139. The first-order valence-corrected chi connectivity index (χ1v) is 8.81. The summed E-state index contributed by atoms with van der Waals surface area (Å²) < 4.78 is 16.1. The molecule has 168 valence electrons. The van der Waals surface area contributed by atoms with Crippen molar-refractivity contribution in [3.8, 4) is 0 Å². The van der Waals surface area contributed by atoms with Gasteiger partial charge in [-0.05, 0) is 0 Å². The molecule has 0 saturated carbocycles. The van der Waals surface area contributed by atoms with Crippen molar-refractivity contribution in [1.82, 2.24) is 5.32 Å². The summed E-state index contributed by atoms with van der Waals surface area (Å²) in [5, 5.41) is 40.9. The maximum atomic E-state index is 10.7. The number of nitroso groups, excluding NO2 is 1. The molecule has 5 N–H and O–H groups in total. The lowest BCUT2D eigenvalue weighted by Gasteiger charge is -2.35. The fourth-order valence-corrected chi connectivity index (χ4v) is 2.03. The van der Waals surface area contributed by atoms with Gasteiger partial charge in [0.05, 0.1) is 71.0 Å². The maximum absolute atomic E-state index is 10.7. The summed E-state index contributed by atoms with van der Waals surface area (Å²) >= 11 is 0. The van der Waals surface area contributed by atoms with Crippen LogP contribution in [0.4, 0.5) is 0 Å². The summed E-state index contributed by atoms with van der Waals surface area (Å²) in [4.78, 5) is 42.6. The average molecular weight is 424 g/mol. The molecule has 29 heavy (non-hydrogen) atoms. The molecule has 0 spiro atoms. The van der Waals surface area contributed by atoms with Crippen molar-refractivity contribution in [2.45, 2.75) is 30.8 Å². The monoisotopic (exact) mass is 424 g/mol. The van der Waals surface area contributed by atoms with Gasteiger partial charge in [-0.1, -0.05) is 5.18 Å². The number of carboxylic acid groups (broad SMARTS) is 3. The van der Waals surface area contributed by atoms with Crippen LogP contribution in [0.25, 0.3) is 0 Å². The van der Waals surface area contributed by atoms with Gasteiger partial charge in [-0.2, -0.15) is 4.91 Å².